The molecule has 1 saturated heterocycles. The summed E-state index contributed by atoms with van der Waals surface area (Å²) in [6.07, 6.45) is 6.72. The van der Waals surface area contributed by atoms with Gasteiger partial charge in [-0.25, -0.2) is 9.48 Å². The number of nitrogens with zero attached hydrogens (tertiary/aromatic N) is 3. The van der Waals surface area contributed by atoms with Crippen LogP contribution in [0.2, 0.25) is 0 Å². The first-order valence-electron chi connectivity index (χ1n) is 9.77. The van der Waals surface area contributed by atoms with E-state index in [4.69, 9.17) is 27.9 Å². The minimum absolute atomic E-state index is 0.347. The molecule has 1 atom stereocenters. The van der Waals surface area contributed by atoms with E-state index in [1.807, 2.05) is 35.0 Å². The predicted molar refractivity (Wildman–Crippen MR) is 109 cm³/mol. The number of esters is 1. The number of likely N-dealkylation sites (tertiary alicyclic amines) is 1. The fourth-order valence-electron chi connectivity index (χ4n) is 4.63. The van der Waals surface area contributed by atoms with Crippen LogP contribution in [0.1, 0.15) is 36.9 Å². The van der Waals surface area contributed by atoms with Gasteiger partial charge in [0.2, 0.25) is 4.33 Å². The fourth-order valence-corrected chi connectivity index (χ4v) is 5.25. The first kappa shape index (κ1) is 18.2. The highest BCUT2D eigenvalue weighted by atomic mass is 35.5. The Balaban J connectivity index is 1.61. The van der Waals surface area contributed by atoms with E-state index in [0.717, 1.165) is 61.3 Å². The number of fused-ring (bicyclic) bond motifs is 2. The maximum Gasteiger partial charge on any atom is 0.350 e. The summed E-state index contributed by atoms with van der Waals surface area (Å²) in [6, 6.07) is 9.64. The number of para-hydroxylation sites is 1. The zero-order chi connectivity index (χ0) is 19.3. The molecule has 0 amide bonds. The quantitative estimate of drug-likeness (QED) is 0.544. The summed E-state index contributed by atoms with van der Waals surface area (Å²) in [6.45, 7) is 1.79. The molecule has 1 aromatic carbocycles. The van der Waals surface area contributed by atoms with Crippen LogP contribution in [-0.2, 0) is 16.0 Å². The Hall–Kier alpha value is -1.82. The van der Waals surface area contributed by atoms with Gasteiger partial charge in [0, 0.05) is 0 Å². The topological polar surface area (TPSA) is 47.4 Å². The van der Waals surface area contributed by atoms with Gasteiger partial charge in [-0.2, -0.15) is 5.10 Å². The highest BCUT2D eigenvalue weighted by Crippen LogP contribution is 2.47. The van der Waals surface area contributed by atoms with Gasteiger partial charge in [-0.05, 0) is 56.5 Å². The molecule has 0 N–H and O–H groups in total. The van der Waals surface area contributed by atoms with Gasteiger partial charge in [0.25, 0.3) is 0 Å². The van der Waals surface area contributed by atoms with Crippen molar-refractivity contribution in [3.05, 3.63) is 53.4 Å². The van der Waals surface area contributed by atoms with Crippen molar-refractivity contribution in [1.29, 1.82) is 0 Å². The molecule has 0 saturated carbocycles. The molecule has 2 aromatic rings. The van der Waals surface area contributed by atoms with Crippen LogP contribution in [0.5, 0.6) is 0 Å². The van der Waals surface area contributed by atoms with Crippen LogP contribution in [0.15, 0.2) is 42.1 Å². The summed E-state index contributed by atoms with van der Waals surface area (Å²) in [7, 11) is 0. The van der Waals surface area contributed by atoms with Crippen molar-refractivity contribution in [2.24, 2.45) is 0 Å². The summed E-state index contributed by atoms with van der Waals surface area (Å²) < 4.78 is 6.04. The number of hydrogen-bond acceptors (Lipinski definition) is 4. The van der Waals surface area contributed by atoms with Gasteiger partial charge in [0.05, 0.1) is 29.2 Å². The summed E-state index contributed by atoms with van der Waals surface area (Å²) in [4.78, 5) is 15.0. The third-order valence-electron chi connectivity index (χ3n) is 5.93. The molecule has 0 bridgehead atoms. The number of hydrogen-bond donors (Lipinski definition) is 0. The summed E-state index contributed by atoms with van der Waals surface area (Å²) in [5, 5.41) is 4.57. The fraction of sp³-hybridized carbons (Fsp3) is 0.429. The maximum atomic E-state index is 12.7. The number of carbonyl (C=O) groups is 1. The van der Waals surface area contributed by atoms with E-state index in [-0.39, 0.29) is 6.04 Å². The van der Waals surface area contributed by atoms with Crippen LogP contribution in [0.4, 0.5) is 0 Å². The highest BCUT2D eigenvalue weighted by molar-refractivity contribution is 6.58. The molecule has 1 fully saturated rings. The van der Waals surface area contributed by atoms with E-state index in [2.05, 4.69) is 10.00 Å². The van der Waals surface area contributed by atoms with Crippen LogP contribution in [0.3, 0.4) is 0 Å². The molecule has 7 heteroatoms. The van der Waals surface area contributed by atoms with Crippen molar-refractivity contribution in [3.8, 4) is 5.69 Å². The molecule has 1 aromatic heterocycles. The van der Waals surface area contributed by atoms with E-state index in [1.165, 1.54) is 6.42 Å². The number of benzene rings is 1. The lowest BCUT2D eigenvalue weighted by Crippen LogP contribution is -2.56. The Bertz CT molecular complexity index is 946. The van der Waals surface area contributed by atoms with Gasteiger partial charge in [-0.1, -0.05) is 47.8 Å². The van der Waals surface area contributed by atoms with Gasteiger partial charge in [0.1, 0.15) is 5.76 Å². The van der Waals surface area contributed by atoms with Crippen molar-refractivity contribution in [2.75, 3.05) is 13.1 Å². The average molecular weight is 418 g/mol. The van der Waals surface area contributed by atoms with Gasteiger partial charge >= 0.3 is 5.97 Å². The number of alkyl halides is 2. The molecule has 0 radical (unpaired) electrons. The monoisotopic (exact) mass is 417 g/mol. The first-order chi connectivity index (χ1) is 13.6. The second-order valence-corrected chi connectivity index (χ2v) is 9.00. The van der Waals surface area contributed by atoms with Crippen molar-refractivity contribution in [3.63, 3.8) is 0 Å². The van der Waals surface area contributed by atoms with E-state index in [0.29, 0.717) is 5.76 Å². The highest BCUT2D eigenvalue weighted by Gasteiger charge is 2.54. The molecular weight excluding hydrogens is 397 g/mol. The lowest BCUT2D eigenvalue weighted by molar-refractivity contribution is -0.140. The minimum Gasteiger partial charge on any atom is -0.423 e. The lowest BCUT2D eigenvalue weighted by Gasteiger charge is -2.44. The van der Waals surface area contributed by atoms with E-state index in [1.54, 1.807) is 6.20 Å². The van der Waals surface area contributed by atoms with E-state index < -0.39 is 10.3 Å². The Kier molecular flexibility index (Phi) is 4.49. The van der Waals surface area contributed by atoms with Crippen LogP contribution in [0.25, 0.3) is 11.4 Å². The molecule has 5 nitrogen and oxygen atoms in total. The zero-order valence-electron chi connectivity index (χ0n) is 15.4. The molecule has 3 aliphatic rings. The van der Waals surface area contributed by atoms with Crippen molar-refractivity contribution < 1.29 is 9.53 Å². The summed E-state index contributed by atoms with van der Waals surface area (Å²) in [5.41, 5.74) is 3.93. The molecule has 146 valence electrons. The zero-order valence-corrected chi connectivity index (χ0v) is 16.9. The molecule has 2 aliphatic heterocycles. The first-order valence-corrected chi connectivity index (χ1v) is 10.5. The Morgan fingerprint density at radius 1 is 1.07 bits per heavy atom. The average Bonchev–Trinajstić information content (AvgIpc) is 3.15. The molecule has 1 aliphatic carbocycles. The van der Waals surface area contributed by atoms with Crippen molar-refractivity contribution in [1.82, 2.24) is 14.7 Å². The van der Waals surface area contributed by atoms with Crippen LogP contribution < -0.4 is 0 Å². The number of ether oxygens (including phenoxy) is 1. The van der Waals surface area contributed by atoms with Crippen LogP contribution in [0, 0.1) is 0 Å². The smallest absolute Gasteiger partial charge is 0.350 e. The predicted octanol–water partition coefficient (Wildman–Crippen LogP) is 4.11. The largest absolute Gasteiger partial charge is 0.423 e. The lowest BCUT2D eigenvalue weighted by atomic mass is 9.85. The Morgan fingerprint density at radius 3 is 2.57 bits per heavy atom. The van der Waals surface area contributed by atoms with E-state index >= 15 is 0 Å². The molecule has 5 rings (SSSR count). The SMILES string of the molecule is O=C1OC2=C(CCc3c2cnn3-c2ccccc2)C(N2CCCCC2)C1(Cl)Cl. The van der Waals surface area contributed by atoms with Gasteiger partial charge in [0.15, 0.2) is 0 Å². The third-order valence-corrected chi connectivity index (χ3v) is 6.66. The van der Waals surface area contributed by atoms with Gasteiger partial charge in [-0.15, -0.1) is 0 Å². The number of aromatic nitrogens is 2. The molecule has 28 heavy (non-hydrogen) atoms. The minimum atomic E-state index is -1.58. The number of carbonyl (C=O) groups excluding carboxylic acids is 1. The second-order valence-electron chi connectivity index (χ2n) is 7.62. The Labute approximate surface area is 173 Å². The second kappa shape index (κ2) is 6.90. The normalized spacial score (nSPS) is 24.5. The van der Waals surface area contributed by atoms with Crippen molar-refractivity contribution >= 4 is 34.9 Å². The molecule has 1 unspecified atom stereocenters. The molecule has 3 heterocycles. The molecular formula is C21H21Cl2N3O2. The van der Waals surface area contributed by atoms with E-state index in [9.17, 15) is 4.79 Å². The van der Waals surface area contributed by atoms with Crippen molar-refractivity contribution in [2.45, 2.75) is 42.5 Å². The third kappa shape index (κ3) is 2.79. The number of piperidine rings is 1. The Morgan fingerprint density at radius 2 is 1.82 bits per heavy atom. The van der Waals surface area contributed by atoms with Crippen LogP contribution in [-0.4, -0.2) is 44.1 Å². The van der Waals surface area contributed by atoms with Gasteiger partial charge in [-0.3, -0.25) is 4.90 Å². The summed E-state index contributed by atoms with van der Waals surface area (Å²) >= 11 is 13.1. The van der Waals surface area contributed by atoms with Gasteiger partial charge < -0.3 is 4.74 Å². The standard InChI is InChI=1S/C21H21Cl2N3O2/c22-21(23)19(25-11-5-2-6-12-25)15-9-10-17-16(18(15)28-20(21)27)13-24-26(17)14-7-3-1-4-8-14/h1,3-4,7-8,13,19H,2,5-6,9-12H2. The summed E-state index contributed by atoms with van der Waals surface area (Å²) in [5.74, 6) is 0.00592. The molecule has 0 spiro atoms. The maximum absolute atomic E-state index is 12.7. The number of halogens is 2. The number of rotatable bonds is 2. The van der Waals surface area contributed by atoms with Crippen LogP contribution >= 0.6 is 23.2 Å².